The van der Waals surface area contributed by atoms with E-state index in [1.54, 1.807) is 13.0 Å². The van der Waals surface area contributed by atoms with Gasteiger partial charge in [-0.15, -0.1) is 5.10 Å². The van der Waals surface area contributed by atoms with Crippen molar-refractivity contribution in [2.75, 3.05) is 5.32 Å². The molecule has 1 atom stereocenters. The van der Waals surface area contributed by atoms with Crippen molar-refractivity contribution in [3.63, 3.8) is 0 Å². The summed E-state index contributed by atoms with van der Waals surface area (Å²) in [4.78, 5) is 26.7. The standard InChI is InChI=1S/C14H17N5O3S/c1-3-5-12-16-14(18-17-12)23-9(2)13(20)15-10-6-4-7-11(8-10)19(21)22/h4,6-9H,3,5H2,1-2H3,(H,15,20)(H,16,17,18). The number of H-pyrrole nitrogens is 1. The van der Waals surface area contributed by atoms with Crippen molar-refractivity contribution >= 4 is 29.0 Å². The van der Waals surface area contributed by atoms with Crippen molar-refractivity contribution in [3.8, 4) is 0 Å². The van der Waals surface area contributed by atoms with Gasteiger partial charge in [0.15, 0.2) is 0 Å². The second-order valence-electron chi connectivity index (χ2n) is 4.87. The Labute approximate surface area is 137 Å². The lowest BCUT2D eigenvalue weighted by Crippen LogP contribution is -2.22. The summed E-state index contributed by atoms with van der Waals surface area (Å²) in [7, 11) is 0. The molecule has 2 aromatic rings. The number of carbonyl (C=O) groups excluding carboxylic acids is 1. The number of aromatic nitrogens is 3. The van der Waals surface area contributed by atoms with Gasteiger partial charge in [-0.3, -0.25) is 20.0 Å². The number of benzene rings is 1. The van der Waals surface area contributed by atoms with Crippen molar-refractivity contribution in [2.24, 2.45) is 0 Å². The molecule has 0 aliphatic carbocycles. The Morgan fingerprint density at radius 3 is 3.00 bits per heavy atom. The van der Waals surface area contributed by atoms with E-state index in [9.17, 15) is 14.9 Å². The number of rotatable bonds is 7. The molecule has 2 N–H and O–H groups in total. The number of aryl methyl sites for hydroxylation is 1. The fourth-order valence-electron chi connectivity index (χ4n) is 1.83. The number of nitrogens with one attached hydrogen (secondary N) is 2. The van der Waals surface area contributed by atoms with Crippen molar-refractivity contribution in [2.45, 2.75) is 37.1 Å². The van der Waals surface area contributed by atoms with Crippen LogP contribution >= 0.6 is 11.8 Å². The predicted octanol–water partition coefficient (Wildman–Crippen LogP) is 2.78. The molecule has 2 rings (SSSR count). The van der Waals surface area contributed by atoms with Gasteiger partial charge in [0, 0.05) is 24.2 Å². The second-order valence-corrected chi connectivity index (χ2v) is 6.18. The Morgan fingerprint density at radius 2 is 2.30 bits per heavy atom. The van der Waals surface area contributed by atoms with Gasteiger partial charge in [0.2, 0.25) is 11.1 Å². The molecule has 0 radical (unpaired) electrons. The van der Waals surface area contributed by atoms with Gasteiger partial charge in [-0.1, -0.05) is 24.8 Å². The first kappa shape index (κ1) is 16.9. The van der Waals surface area contributed by atoms with Crippen LogP contribution in [0, 0.1) is 10.1 Å². The molecule has 8 nitrogen and oxygen atoms in total. The lowest BCUT2D eigenvalue weighted by Gasteiger charge is -2.09. The summed E-state index contributed by atoms with van der Waals surface area (Å²) in [6.07, 6.45) is 1.77. The topological polar surface area (TPSA) is 114 Å². The molecular formula is C14H17N5O3S. The molecule has 0 fully saturated rings. The van der Waals surface area contributed by atoms with E-state index < -0.39 is 10.2 Å². The van der Waals surface area contributed by atoms with E-state index in [0.717, 1.165) is 18.7 Å². The first-order valence-corrected chi connectivity index (χ1v) is 8.00. The Morgan fingerprint density at radius 1 is 1.52 bits per heavy atom. The van der Waals surface area contributed by atoms with Crippen LogP contribution < -0.4 is 5.32 Å². The highest BCUT2D eigenvalue weighted by Crippen LogP contribution is 2.22. The molecule has 9 heteroatoms. The van der Waals surface area contributed by atoms with Gasteiger partial charge in [-0.25, -0.2) is 4.98 Å². The molecule has 122 valence electrons. The summed E-state index contributed by atoms with van der Waals surface area (Å²) in [5, 5.41) is 20.4. The summed E-state index contributed by atoms with van der Waals surface area (Å²) in [6, 6.07) is 5.82. The van der Waals surface area contributed by atoms with E-state index in [0.29, 0.717) is 10.8 Å². The number of aromatic amines is 1. The molecule has 0 aliphatic rings. The predicted molar refractivity (Wildman–Crippen MR) is 87.4 cm³/mol. The average Bonchev–Trinajstić information content (AvgIpc) is 2.95. The summed E-state index contributed by atoms with van der Waals surface area (Å²) in [6.45, 7) is 3.78. The van der Waals surface area contributed by atoms with E-state index in [1.807, 2.05) is 6.92 Å². The van der Waals surface area contributed by atoms with Crippen LogP contribution in [0.5, 0.6) is 0 Å². The van der Waals surface area contributed by atoms with Crippen molar-refractivity contribution in [1.29, 1.82) is 0 Å². The number of carbonyl (C=O) groups is 1. The van der Waals surface area contributed by atoms with Crippen molar-refractivity contribution < 1.29 is 9.72 Å². The number of nitro groups is 1. The number of thioether (sulfide) groups is 1. The molecular weight excluding hydrogens is 318 g/mol. The van der Waals surface area contributed by atoms with Crippen LogP contribution in [0.25, 0.3) is 0 Å². The van der Waals surface area contributed by atoms with Gasteiger partial charge in [0.05, 0.1) is 10.2 Å². The fourth-order valence-corrected chi connectivity index (χ4v) is 2.58. The first-order chi connectivity index (χ1) is 11.0. The van der Waals surface area contributed by atoms with Gasteiger partial charge >= 0.3 is 0 Å². The maximum atomic E-state index is 12.2. The summed E-state index contributed by atoms with van der Waals surface area (Å²) in [5.74, 6) is 0.527. The number of nitro benzene ring substituents is 1. The van der Waals surface area contributed by atoms with Crippen LogP contribution in [-0.4, -0.2) is 31.3 Å². The number of hydrogen-bond donors (Lipinski definition) is 2. The smallest absolute Gasteiger partial charge is 0.271 e. The zero-order valence-electron chi connectivity index (χ0n) is 12.8. The largest absolute Gasteiger partial charge is 0.325 e. The minimum Gasteiger partial charge on any atom is -0.325 e. The second kappa shape index (κ2) is 7.73. The highest BCUT2D eigenvalue weighted by Gasteiger charge is 2.18. The van der Waals surface area contributed by atoms with Gasteiger partial charge in [-0.2, -0.15) is 0 Å². The zero-order chi connectivity index (χ0) is 16.8. The van der Waals surface area contributed by atoms with Gasteiger partial charge in [-0.05, 0) is 19.4 Å². The van der Waals surface area contributed by atoms with Crippen LogP contribution in [0.2, 0.25) is 0 Å². The lowest BCUT2D eigenvalue weighted by molar-refractivity contribution is -0.384. The molecule has 1 unspecified atom stereocenters. The van der Waals surface area contributed by atoms with Crippen LogP contribution in [0.15, 0.2) is 29.4 Å². The average molecular weight is 335 g/mol. The fraction of sp³-hybridized carbons (Fsp3) is 0.357. The SMILES string of the molecule is CCCc1nc(SC(C)C(=O)Nc2cccc([N+](=O)[O-])c2)n[nH]1. The van der Waals surface area contributed by atoms with E-state index in [-0.39, 0.29) is 11.6 Å². The Bertz CT molecular complexity index is 703. The van der Waals surface area contributed by atoms with Crippen molar-refractivity contribution in [3.05, 3.63) is 40.2 Å². The Balaban J connectivity index is 1.96. The highest BCUT2D eigenvalue weighted by atomic mass is 32.2. The van der Waals surface area contributed by atoms with Gasteiger partial charge in [0.1, 0.15) is 5.82 Å². The zero-order valence-corrected chi connectivity index (χ0v) is 13.6. The minimum absolute atomic E-state index is 0.0683. The molecule has 0 spiro atoms. The first-order valence-electron chi connectivity index (χ1n) is 7.13. The number of non-ortho nitro benzene ring substituents is 1. The maximum Gasteiger partial charge on any atom is 0.271 e. The molecule has 0 saturated carbocycles. The molecule has 0 aliphatic heterocycles. The molecule has 1 amide bonds. The number of hydrogen-bond acceptors (Lipinski definition) is 6. The highest BCUT2D eigenvalue weighted by molar-refractivity contribution is 8.00. The summed E-state index contributed by atoms with van der Waals surface area (Å²) >= 11 is 1.23. The molecule has 1 aromatic carbocycles. The third-order valence-electron chi connectivity index (χ3n) is 2.97. The summed E-state index contributed by atoms with van der Waals surface area (Å²) < 4.78 is 0. The van der Waals surface area contributed by atoms with E-state index in [2.05, 4.69) is 20.5 Å². The molecule has 1 aromatic heterocycles. The number of anilines is 1. The van der Waals surface area contributed by atoms with Gasteiger partial charge < -0.3 is 5.32 Å². The lowest BCUT2D eigenvalue weighted by atomic mass is 10.2. The minimum atomic E-state index is -0.503. The normalized spacial score (nSPS) is 11.9. The van der Waals surface area contributed by atoms with Crippen LogP contribution in [-0.2, 0) is 11.2 Å². The number of nitrogens with zero attached hydrogens (tertiary/aromatic N) is 3. The van der Waals surface area contributed by atoms with Crippen LogP contribution in [0.3, 0.4) is 0 Å². The van der Waals surface area contributed by atoms with Crippen LogP contribution in [0.4, 0.5) is 11.4 Å². The molecule has 23 heavy (non-hydrogen) atoms. The molecule has 0 saturated heterocycles. The number of amides is 1. The molecule has 0 bridgehead atoms. The van der Waals surface area contributed by atoms with Crippen molar-refractivity contribution in [1.82, 2.24) is 15.2 Å². The van der Waals surface area contributed by atoms with E-state index >= 15 is 0 Å². The maximum absolute atomic E-state index is 12.2. The molecule has 1 heterocycles. The third kappa shape index (κ3) is 4.78. The quantitative estimate of drug-likeness (QED) is 0.457. The van der Waals surface area contributed by atoms with Crippen LogP contribution in [0.1, 0.15) is 26.1 Å². The monoisotopic (exact) mass is 335 g/mol. The summed E-state index contributed by atoms with van der Waals surface area (Å²) in [5.41, 5.74) is 0.319. The van der Waals surface area contributed by atoms with E-state index in [4.69, 9.17) is 0 Å². The Hall–Kier alpha value is -2.42. The Kier molecular flexibility index (Phi) is 5.69. The van der Waals surface area contributed by atoms with Gasteiger partial charge in [0.25, 0.3) is 5.69 Å². The third-order valence-corrected chi connectivity index (χ3v) is 3.93. The van der Waals surface area contributed by atoms with E-state index in [1.165, 1.54) is 30.0 Å².